The Balaban J connectivity index is 2.53. The lowest BCUT2D eigenvalue weighted by Gasteiger charge is -2.14. The maximum atomic E-state index is 11.7. The third kappa shape index (κ3) is 4.64. The van der Waals surface area contributed by atoms with E-state index in [2.05, 4.69) is 10.6 Å². The number of amides is 2. The average Bonchev–Trinajstić information content (AvgIpc) is 2.43. The molecule has 0 unspecified atom stereocenters. The van der Waals surface area contributed by atoms with Crippen molar-refractivity contribution < 1.29 is 19.1 Å². The lowest BCUT2D eigenvalue weighted by molar-refractivity contribution is -0.139. The van der Waals surface area contributed by atoms with E-state index < -0.39 is 18.1 Å². The molecule has 0 aliphatic rings. The van der Waals surface area contributed by atoms with Crippen LogP contribution in [0.5, 0.6) is 0 Å². The van der Waals surface area contributed by atoms with Gasteiger partial charge in [0, 0.05) is 19.9 Å². The maximum Gasteiger partial charge on any atom is 0.313 e. The van der Waals surface area contributed by atoms with Crippen LogP contribution in [-0.2, 0) is 19.1 Å². The number of carbonyl (C=O) groups excluding carboxylic acids is 2. The summed E-state index contributed by atoms with van der Waals surface area (Å²) in [4.78, 5) is 23.3. The van der Waals surface area contributed by atoms with Gasteiger partial charge in [0.25, 0.3) is 0 Å². The molecule has 0 aliphatic carbocycles. The monoisotopic (exact) mass is 280 g/mol. The van der Waals surface area contributed by atoms with Gasteiger partial charge in [-0.3, -0.25) is 9.59 Å². The number of carbonyl (C=O) groups is 2. The molecule has 0 spiro atoms. The Morgan fingerprint density at radius 2 is 1.75 bits per heavy atom. The molecular weight excluding hydrogens is 260 g/mol. The summed E-state index contributed by atoms with van der Waals surface area (Å²) in [6.45, 7) is 4.02. The van der Waals surface area contributed by atoms with Gasteiger partial charge in [0.05, 0.1) is 6.54 Å². The zero-order chi connectivity index (χ0) is 15.1. The summed E-state index contributed by atoms with van der Waals surface area (Å²) in [5.41, 5.74) is 2.75. The third-order valence-corrected chi connectivity index (χ3v) is 2.93. The number of methoxy groups -OCH3 is 2. The van der Waals surface area contributed by atoms with E-state index in [9.17, 15) is 9.59 Å². The largest absolute Gasteiger partial charge is 0.354 e. The summed E-state index contributed by atoms with van der Waals surface area (Å²) in [6, 6.07) is 5.45. The highest BCUT2D eigenvalue weighted by Crippen LogP contribution is 2.13. The van der Waals surface area contributed by atoms with E-state index in [0.717, 1.165) is 11.1 Å². The van der Waals surface area contributed by atoms with Crippen LogP contribution in [0.1, 0.15) is 11.1 Å². The number of hydrogen-bond donors (Lipinski definition) is 2. The Hall–Kier alpha value is -1.92. The average molecular weight is 280 g/mol. The van der Waals surface area contributed by atoms with Crippen LogP contribution < -0.4 is 10.6 Å². The minimum atomic E-state index is -0.734. The van der Waals surface area contributed by atoms with Crippen LogP contribution >= 0.6 is 0 Å². The number of ether oxygens (including phenoxy) is 2. The first-order valence-corrected chi connectivity index (χ1v) is 6.20. The molecule has 6 nitrogen and oxygen atoms in total. The lowest BCUT2D eigenvalue weighted by atomic mass is 10.1. The number of benzene rings is 1. The van der Waals surface area contributed by atoms with Crippen LogP contribution in [0.4, 0.5) is 5.69 Å². The molecule has 2 N–H and O–H groups in total. The van der Waals surface area contributed by atoms with Crippen molar-refractivity contribution in [2.24, 2.45) is 0 Å². The van der Waals surface area contributed by atoms with Crippen LogP contribution in [-0.4, -0.2) is 38.9 Å². The molecule has 0 saturated carbocycles. The molecule has 1 rings (SSSR count). The standard InChI is InChI=1S/C14H20N2O4/c1-9-5-6-11(7-10(9)2)16-14(18)13(17)15-8-12(19-3)20-4/h5-7,12H,8H2,1-4H3,(H,15,17)(H,16,18). The molecule has 20 heavy (non-hydrogen) atoms. The van der Waals surface area contributed by atoms with Crippen LogP contribution in [0.15, 0.2) is 18.2 Å². The van der Waals surface area contributed by atoms with E-state index >= 15 is 0 Å². The first-order chi connectivity index (χ1) is 9.47. The Kier molecular flexibility index (Phi) is 6.14. The van der Waals surface area contributed by atoms with Crippen LogP contribution in [0.25, 0.3) is 0 Å². The molecule has 110 valence electrons. The van der Waals surface area contributed by atoms with Gasteiger partial charge in [-0.1, -0.05) is 6.07 Å². The summed E-state index contributed by atoms with van der Waals surface area (Å²) >= 11 is 0. The van der Waals surface area contributed by atoms with Crippen molar-refractivity contribution in [3.63, 3.8) is 0 Å². The second kappa shape index (κ2) is 7.62. The van der Waals surface area contributed by atoms with Crippen LogP contribution in [0, 0.1) is 13.8 Å². The van der Waals surface area contributed by atoms with Gasteiger partial charge in [0.15, 0.2) is 6.29 Å². The summed E-state index contributed by atoms with van der Waals surface area (Å²) in [6.07, 6.45) is -0.576. The second-order valence-electron chi connectivity index (χ2n) is 4.36. The highest BCUT2D eigenvalue weighted by molar-refractivity contribution is 6.39. The Morgan fingerprint density at radius 1 is 1.10 bits per heavy atom. The Labute approximate surface area is 118 Å². The number of rotatable bonds is 5. The number of hydrogen-bond acceptors (Lipinski definition) is 4. The molecule has 0 aliphatic heterocycles. The van der Waals surface area contributed by atoms with Crippen molar-refractivity contribution in [1.82, 2.24) is 5.32 Å². The summed E-state index contributed by atoms with van der Waals surface area (Å²) < 4.78 is 9.82. The highest BCUT2D eigenvalue weighted by Gasteiger charge is 2.15. The smallest absolute Gasteiger partial charge is 0.313 e. The van der Waals surface area contributed by atoms with Crippen molar-refractivity contribution >= 4 is 17.5 Å². The van der Waals surface area contributed by atoms with Crippen LogP contribution in [0.3, 0.4) is 0 Å². The molecule has 0 bridgehead atoms. The Bertz CT molecular complexity index is 484. The van der Waals surface area contributed by atoms with Gasteiger partial charge in [0.1, 0.15) is 0 Å². The first kappa shape index (κ1) is 16.1. The number of nitrogens with one attached hydrogen (secondary N) is 2. The fourth-order valence-corrected chi connectivity index (χ4v) is 1.53. The zero-order valence-electron chi connectivity index (χ0n) is 12.1. The molecular formula is C14H20N2O4. The van der Waals surface area contributed by atoms with Gasteiger partial charge >= 0.3 is 11.8 Å². The molecule has 0 fully saturated rings. The van der Waals surface area contributed by atoms with Crippen molar-refractivity contribution in [2.75, 3.05) is 26.1 Å². The van der Waals surface area contributed by atoms with Gasteiger partial charge in [-0.05, 0) is 37.1 Å². The molecule has 1 aromatic rings. The first-order valence-electron chi connectivity index (χ1n) is 6.20. The van der Waals surface area contributed by atoms with E-state index in [1.165, 1.54) is 14.2 Å². The van der Waals surface area contributed by atoms with Gasteiger partial charge in [0.2, 0.25) is 0 Å². The summed E-state index contributed by atoms with van der Waals surface area (Å²) in [5.74, 6) is -1.46. The molecule has 2 amide bonds. The quantitative estimate of drug-likeness (QED) is 0.622. The molecule has 0 heterocycles. The van der Waals surface area contributed by atoms with Crippen molar-refractivity contribution in [3.05, 3.63) is 29.3 Å². The topological polar surface area (TPSA) is 76.7 Å². The predicted molar refractivity (Wildman–Crippen MR) is 75.4 cm³/mol. The van der Waals surface area contributed by atoms with E-state index in [1.807, 2.05) is 26.0 Å². The van der Waals surface area contributed by atoms with Crippen LogP contribution in [0.2, 0.25) is 0 Å². The van der Waals surface area contributed by atoms with E-state index in [4.69, 9.17) is 9.47 Å². The SMILES string of the molecule is COC(CNC(=O)C(=O)Nc1ccc(C)c(C)c1)OC. The molecule has 0 aromatic heterocycles. The minimum Gasteiger partial charge on any atom is -0.354 e. The van der Waals surface area contributed by atoms with Gasteiger partial charge in [-0.25, -0.2) is 0 Å². The second-order valence-corrected chi connectivity index (χ2v) is 4.36. The Morgan fingerprint density at radius 3 is 2.30 bits per heavy atom. The van der Waals surface area contributed by atoms with Gasteiger partial charge in [-0.2, -0.15) is 0 Å². The van der Waals surface area contributed by atoms with Gasteiger partial charge in [-0.15, -0.1) is 0 Å². The van der Waals surface area contributed by atoms with Crippen molar-refractivity contribution in [2.45, 2.75) is 20.1 Å². The lowest BCUT2D eigenvalue weighted by Crippen LogP contribution is -2.40. The summed E-state index contributed by atoms with van der Waals surface area (Å²) in [7, 11) is 2.91. The number of anilines is 1. The van der Waals surface area contributed by atoms with E-state index in [0.29, 0.717) is 5.69 Å². The predicted octanol–water partition coefficient (Wildman–Crippen LogP) is 0.977. The fraction of sp³-hybridized carbons (Fsp3) is 0.429. The zero-order valence-corrected chi connectivity index (χ0v) is 12.1. The fourth-order valence-electron chi connectivity index (χ4n) is 1.53. The maximum absolute atomic E-state index is 11.7. The van der Waals surface area contributed by atoms with Gasteiger partial charge < -0.3 is 20.1 Å². The third-order valence-electron chi connectivity index (χ3n) is 2.93. The molecule has 0 radical (unpaired) electrons. The molecule has 1 aromatic carbocycles. The van der Waals surface area contributed by atoms with E-state index in [-0.39, 0.29) is 6.54 Å². The normalized spacial score (nSPS) is 10.4. The molecule has 6 heteroatoms. The highest BCUT2D eigenvalue weighted by atomic mass is 16.7. The summed E-state index contributed by atoms with van der Waals surface area (Å²) in [5, 5.41) is 4.97. The van der Waals surface area contributed by atoms with Crippen molar-refractivity contribution in [1.29, 1.82) is 0 Å². The molecule has 0 saturated heterocycles. The molecule has 0 atom stereocenters. The number of aryl methyl sites for hydroxylation is 2. The van der Waals surface area contributed by atoms with E-state index in [1.54, 1.807) is 6.07 Å². The minimum absolute atomic E-state index is 0.103. The van der Waals surface area contributed by atoms with Crippen molar-refractivity contribution in [3.8, 4) is 0 Å².